The Hall–Kier alpha value is -0.970. The second-order valence-electron chi connectivity index (χ2n) is 5.76. The summed E-state index contributed by atoms with van der Waals surface area (Å²) >= 11 is 6.07. The van der Waals surface area contributed by atoms with Crippen molar-refractivity contribution in [1.82, 2.24) is 0 Å². The van der Waals surface area contributed by atoms with Crippen LogP contribution in [-0.2, 0) is 4.79 Å². The first-order chi connectivity index (χ1) is 10.0. The van der Waals surface area contributed by atoms with Crippen molar-refractivity contribution in [2.45, 2.75) is 45.1 Å². The molecule has 0 saturated heterocycles. The number of hydrogen-bond acceptors (Lipinski definition) is 3. The number of ether oxygens (including phenoxy) is 1. The summed E-state index contributed by atoms with van der Waals surface area (Å²) in [5.41, 5.74) is 7.66. The average Bonchev–Trinajstić information content (AvgIpc) is 2.45. The lowest BCUT2D eigenvalue weighted by molar-refractivity contribution is -0.117. The van der Waals surface area contributed by atoms with Crippen LogP contribution in [-0.4, -0.2) is 19.1 Å². The largest absolute Gasteiger partial charge is 0.495 e. The van der Waals surface area contributed by atoms with Gasteiger partial charge in [0.2, 0.25) is 5.91 Å². The van der Waals surface area contributed by atoms with Crippen molar-refractivity contribution in [2.24, 2.45) is 11.7 Å². The molecular formula is C16H24Cl2N2O2. The van der Waals surface area contributed by atoms with Gasteiger partial charge in [0, 0.05) is 23.6 Å². The van der Waals surface area contributed by atoms with Gasteiger partial charge in [-0.15, -0.1) is 12.4 Å². The van der Waals surface area contributed by atoms with E-state index in [2.05, 4.69) is 5.32 Å². The SMILES string of the molecule is COc1cc(Cl)c(C)cc1NC(=O)CC1CCCCC1N.Cl. The fourth-order valence-corrected chi connectivity index (χ4v) is 3.01. The van der Waals surface area contributed by atoms with E-state index < -0.39 is 0 Å². The molecule has 0 spiro atoms. The molecule has 2 rings (SSSR count). The fraction of sp³-hybridized carbons (Fsp3) is 0.562. The van der Waals surface area contributed by atoms with Gasteiger partial charge in [-0.1, -0.05) is 24.4 Å². The van der Waals surface area contributed by atoms with Gasteiger partial charge in [-0.05, 0) is 37.3 Å². The highest BCUT2D eigenvalue weighted by Gasteiger charge is 2.24. The molecule has 0 aliphatic heterocycles. The molecule has 6 heteroatoms. The van der Waals surface area contributed by atoms with E-state index in [0.717, 1.165) is 24.8 Å². The smallest absolute Gasteiger partial charge is 0.224 e. The van der Waals surface area contributed by atoms with Crippen molar-refractivity contribution in [3.05, 3.63) is 22.7 Å². The van der Waals surface area contributed by atoms with E-state index in [0.29, 0.717) is 22.9 Å². The van der Waals surface area contributed by atoms with E-state index in [4.69, 9.17) is 22.1 Å². The summed E-state index contributed by atoms with van der Waals surface area (Å²) in [5.74, 6) is 0.836. The molecular weight excluding hydrogens is 323 g/mol. The second kappa shape index (κ2) is 8.61. The molecule has 1 saturated carbocycles. The van der Waals surface area contributed by atoms with Crippen LogP contribution in [0.5, 0.6) is 5.75 Å². The Labute approximate surface area is 143 Å². The predicted octanol–water partition coefficient (Wildman–Crippen LogP) is 3.92. The number of nitrogens with one attached hydrogen (secondary N) is 1. The molecule has 2 atom stereocenters. The van der Waals surface area contributed by atoms with Gasteiger partial charge >= 0.3 is 0 Å². The minimum absolute atomic E-state index is 0. The highest BCUT2D eigenvalue weighted by molar-refractivity contribution is 6.31. The normalized spacial score (nSPS) is 20.9. The molecule has 1 aliphatic rings. The molecule has 1 amide bonds. The van der Waals surface area contributed by atoms with Crippen molar-refractivity contribution in [2.75, 3.05) is 12.4 Å². The Morgan fingerprint density at radius 2 is 2.09 bits per heavy atom. The number of benzene rings is 1. The number of carbonyl (C=O) groups is 1. The topological polar surface area (TPSA) is 64.3 Å². The zero-order valence-corrected chi connectivity index (χ0v) is 14.6. The lowest BCUT2D eigenvalue weighted by Crippen LogP contribution is -2.35. The molecule has 0 bridgehead atoms. The first-order valence-corrected chi connectivity index (χ1v) is 7.78. The standard InChI is InChI=1S/C16H23ClN2O2.ClH/c1-10-7-14(15(21-2)9-12(10)17)19-16(20)8-11-5-3-4-6-13(11)18;/h7,9,11,13H,3-6,8,18H2,1-2H3,(H,19,20);1H. The van der Waals surface area contributed by atoms with E-state index in [1.807, 2.05) is 13.0 Å². The maximum absolute atomic E-state index is 12.2. The summed E-state index contributed by atoms with van der Waals surface area (Å²) in [6.07, 6.45) is 4.84. The van der Waals surface area contributed by atoms with Gasteiger partial charge in [-0.25, -0.2) is 0 Å². The van der Waals surface area contributed by atoms with Crippen molar-refractivity contribution >= 4 is 35.6 Å². The Morgan fingerprint density at radius 1 is 1.41 bits per heavy atom. The van der Waals surface area contributed by atoms with Crippen LogP contribution in [0.2, 0.25) is 5.02 Å². The molecule has 1 aromatic carbocycles. The van der Waals surface area contributed by atoms with Gasteiger partial charge < -0.3 is 15.8 Å². The van der Waals surface area contributed by atoms with Gasteiger partial charge in [0.15, 0.2) is 0 Å². The Balaban J connectivity index is 0.00000242. The monoisotopic (exact) mass is 346 g/mol. The molecule has 1 aromatic rings. The molecule has 22 heavy (non-hydrogen) atoms. The van der Waals surface area contributed by atoms with Crippen molar-refractivity contribution in [3.63, 3.8) is 0 Å². The summed E-state index contributed by atoms with van der Waals surface area (Å²) in [4.78, 5) is 12.2. The van der Waals surface area contributed by atoms with Crippen LogP contribution in [0.3, 0.4) is 0 Å². The lowest BCUT2D eigenvalue weighted by Gasteiger charge is -2.28. The first kappa shape index (κ1) is 19.1. The molecule has 0 radical (unpaired) electrons. The summed E-state index contributed by atoms with van der Waals surface area (Å²) in [5, 5.41) is 3.54. The Morgan fingerprint density at radius 3 is 2.73 bits per heavy atom. The summed E-state index contributed by atoms with van der Waals surface area (Å²) in [7, 11) is 1.56. The highest BCUT2D eigenvalue weighted by atomic mass is 35.5. The predicted molar refractivity (Wildman–Crippen MR) is 93.2 cm³/mol. The minimum Gasteiger partial charge on any atom is -0.495 e. The van der Waals surface area contributed by atoms with Crippen LogP contribution in [0, 0.1) is 12.8 Å². The highest BCUT2D eigenvalue weighted by Crippen LogP contribution is 2.32. The molecule has 124 valence electrons. The quantitative estimate of drug-likeness (QED) is 0.868. The van der Waals surface area contributed by atoms with Crippen LogP contribution in [0.15, 0.2) is 12.1 Å². The minimum atomic E-state index is -0.0163. The van der Waals surface area contributed by atoms with Crippen LogP contribution in [0.1, 0.15) is 37.7 Å². The molecule has 3 N–H and O–H groups in total. The van der Waals surface area contributed by atoms with Crippen LogP contribution < -0.4 is 15.8 Å². The average molecular weight is 347 g/mol. The number of methoxy groups -OCH3 is 1. The number of nitrogens with two attached hydrogens (primary N) is 1. The molecule has 0 heterocycles. The van der Waals surface area contributed by atoms with Gasteiger partial charge in [-0.3, -0.25) is 4.79 Å². The zero-order valence-electron chi connectivity index (χ0n) is 13.0. The van der Waals surface area contributed by atoms with Crippen LogP contribution in [0.25, 0.3) is 0 Å². The fourth-order valence-electron chi connectivity index (χ4n) is 2.86. The van der Waals surface area contributed by atoms with Crippen molar-refractivity contribution in [3.8, 4) is 5.75 Å². The molecule has 4 nitrogen and oxygen atoms in total. The summed E-state index contributed by atoms with van der Waals surface area (Å²) < 4.78 is 5.27. The van der Waals surface area contributed by atoms with Gasteiger partial charge in [0.25, 0.3) is 0 Å². The number of rotatable bonds is 4. The maximum atomic E-state index is 12.2. The molecule has 2 unspecified atom stereocenters. The lowest BCUT2D eigenvalue weighted by atomic mass is 9.83. The number of aryl methyl sites for hydroxylation is 1. The van der Waals surface area contributed by atoms with Gasteiger partial charge in [0.1, 0.15) is 5.75 Å². The van der Waals surface area contributed by atoms with Gasteiger partial charge in [-0.2, -0.15) is 0 Å². The molecule has 1 fully saturated rings. The Kier molecular flexibility index (Phi) is 7.46. The van der Waals surface area contributed by atoms with E-state index in [-0.39, 0.29) is 30.3 Å². The number of hydrogen-bond donors (Lipinski definition) is 2. The number of amides is 1. The van der Waals surface area contributed by atoms with E-state index >= 15 is 0 Å². The zero-order chi connectivity index (χ0) is 15.4. The molecule has 0 aromatic heterocycles. The molecule has 1 aliphatic carbocycles. The van der Waals surface area contributed by atoms with E-state index in [1.54, 1.807) is 13.2 Å². The third-order valence-corrected chi connectivity index (χ3v) is 4.58. The van der Waals surface area contributed by atoms with Crippen molar-refractivity contribution < 1.29 is 9.53 Å². The second-order valence-corrected chi connectivity index (χ2v) is 6.17. The van der Waals surface area contributed by atoms with Gasteiger partial charge in [0.05, 0.1) is 12.8 Å². The number of anilines is 1. The maximum Gasteiger partial charge on any atom is 0.224 e. The van der Waals surface area contributed by atoms with E-state index in [9.17, 15) is 4.79 Å². The number of halogens is 2. The Bertz CT molecular complexity index is 523. The third-order valence-electron chi connectivity index (χ3n) is 4.17. The summed E-state index contributed by atoms with van der Waals surface area (Å²) in [6.45, 7) is 1.90. The van der Waals surface area contributed by atoms with Crippen molar-refractivity contribution in [1.29, 1.82) is 0 Å². The van der Waals surface area contributed by atoms with Crippen LogP contribution in [0.4, 0.5) is 5.69 Å². The summed E-state index contributed by atoms with van der Waals surface area (Å²) in [6, 6.07) is 3.69. The number of carbonyl (C=O) groups excluding carboxylic acids is 1. The van der Waals surface area contributed by atoms with E-state index in [1.165, 1.54) is 6.42 Å². The van der Waals surface area contributed by atoms with Crippen LogP contribution >= 0.6 is 24.0 Å². The third kappa shape index (κ3) is 4.77. The first-order valence-electron chi connectivity index (χ1n) is 7.41.